The number of carbonyl (C=O) groups excluding carboxylic acids is 1. The van der Waals surface area contributed by atoms with Crippen molar-refractivity contribution < 1.29 is 23.7 Å². The number of benzene rings is 2. The van der Waals surface area contributed by atoms with E-state index in [-0.39, 0.29) is 5.91 Å². The third kappa shape index (κ3) is 4.13. The monoisotopic (exact) mass is 414 g/mol. The van der Waals surface area contributed by atoms with Gasteiger partial charge in [-0.25, -0.2) is 0 Å². The molecule has 4 rings (SSSR count). The molecule has 1 aliphatic rings. The Labute approximate surface area is 172 Å². The van der Waals surface area contributed by atoms with Gasteiger partial charge in [-0.2, -0.15) is 4.99 Å². The fraction of sp³-hybridized carbons (Fsp3) is 0.333. The molecule has 0 atom stereocenters. The highest BCUT2D eigenvalue weighted by molar-refractivity contribution is 7.16. The minimum Gasteiger partial charge on any atom is -0.497 e. The number of hydrogen-bond acceptors (Lipinski definition) is 6. The molecule has 0 N–H and O–H groups in total. The van der Waals surface area contributed by atoms with Crippen molar-refractivity contribution in [1.29, 1.82) is 0 Å². The molecule has 2 aromatic carbocycles. The number of ether oxygens (including phenoxy) is 4. The van der Waals surface area contributed by atoms with Gasteiger partial charge in [-0.1, -0.05) is 11.3 Å². The number of rotatable bonds is 6. The molecule has 1 amide bonds. The maximum atomic E-state index is 12.9. The molecule has 0 bridgehead atoms. The highest BCUT2D eigenvalue weighted by atomic mass is 32.1. The molecule has 1 aliphatic heterocycles. The summed E-state index contributed by atoms with van der Waals surface area (Å²) in [5.74, 6) is 1.65. The average Bonchev–Trinajstić information content (AvgIpc) is 3.09. The molecule has 0 radical (unpaired) electrons. The van der Waals surface area contributed by atoms with Crippen LogP contribution in [0, 0.1) is 0 Å². The summed E-state index contributed by atoms with van der Waals surface area (Å²) in [5, 5.41) is 0. The summed E-state index contributed by atoms with van der Waals surface area (Å²) in [4.78, 5) is 17.9. The largest absolute Gasteiger partial charge is 0.497 e. The number of nitrogens with zero attached hydrogens (tertiary/aromatic N) is 2. The van der Waals surface area contributed by atoms with Crippen LogP contribution in [0.5, 0.6) is 17.2 Å². The van der Waals surface area contributed by atoms with Crippen LogP contribution in [0.15, 0.2) is 41.4 Å². The Bertz CT molecular complexity index is 1100. The van der Waals surface area contributed by atoms with E-state index in [1.165, 1.54) is 11.3 Å². The highest BCUT2D eigenvalue weighted by Gasteiger charge is 2.15. The smallest absolute Gasteiger partial charge is 0.279 e. The number of amides is 1. The molecule has 0 aliphatic carbocycles. The van der Waals surface area contributed by atoms with Gasteiger partial charge >= 0.3 is 0 Å². The SMILES string of the molecule is CCOCCn1c(=NC(=O)c2ccc3c(c2)OCCO3)sc2cc(OC)ccc21. The Balaban J connectivity index is 1.73. The Kier molecular flexibility index (Phi) is 5.82. The van der Waals surface area contributed by atoms with Crippen molar-refractivity contribution in [2.75, 3.05) is 33.5 Å². The minimum atomic E-state index is -0.328. The van der Waals surface area contributed by atoms with Crippen molar-refractivity contribution in [3.8, 4) is 17.2 Å². The number of aromatic nitrogens is 1. The van der Waals surface area contributed by atoms with E-state index in [1.807, 2.05) is 29.7 Å². The van der Waals surface area contributed by atoms with Gasteiger partial charge in [0, 0.05) is 18.7 Å². The Hall–Kier alpha value is -2.84. The average molecular weight is 414 g/mol. The van der Waals surface area contributed by atoms with Crippen molar-refractivity contribution in [3.05, 3.63) is 46.8 Å². The zero-order chi connectivity index (χ0) is 20.2. The standard InChI is InChI=1S/C21H22N2O5S/c1-3-26-9-8-23-16-6-5-15(25-2)13-19(16)29-21(23)22-20(24)14-4-7-17-18(12-14)28-11-10-27-17/h4-7,12-13H,3,8-11H2,1-2H3. The van der Waals surface area contributed by atoms with E-state index < -0.39 is 0 Å². The van der Waals surface area contributed by atoms with Gasteiger partial charge in [-0.3, -0.25) is 4.79 Å². The third-order valence-electron chi connectivity index (χ3n) is 4.54. The first-order chi connectivity index (χ1) is 14.2. The predicted octanol–water partition coefficient (Wildman–Crippen LogP) is 3.26. The molecular weight excluding hydrogens is 392 g/mol. The van der Waals surface area contributed by atoms with Crippen LogP contribution >= 0.6 is 11.3 Å². The van der Waals surface area contributed by atoms with Crippen LogP contribution in [-0.2, 0) is 11.3 Å². The predicted molar refractivity (Wildman–Crippen MR) is 110 cm³/mol. The summed E-state index contributed by atoms with van der Waals surface area (Å²) in [6, 6.07) is 11.0. The number of hydrogen-bond donors (Lipinski definition) is 0. The van der Waals surface area contributed by atoms with Crippen molar-refractivity contribution in [2.24, 2.45) is 4.99 Å². The highest BCUT2D eigenvalue weighted by Crippen LogP contribution is 2.31. The summed E-state index contributed by atoms with van der Waals surface area (Å²) >= 11 is 1.45. The van der Waals surface area contributed by atoms with Gasteiger partial charge in [0.1, 0.15) is 19.0 Å². The maximum absolute atomic E-state index is 12.9. The minimum absolute atomic E-state index is 0.328. The zero-order valence-corrected chi connectivity index (χ0v) is 17.2. The summed E-state index contributed by atoms with van der Waals surface area (Å²) in [6.45, 7) is 4.72. The maximum Gasteiger partial charge on any atom is 0.279 e. The first kappa shape index (κ1) is 19.5. The summed E-state index contributed by atoms with van der Waals surface area (Å²) in [6.07, 6.45) is 0. The lowest BCUT2D eigenvalue weighted by Gasteiger charge is -2.18. The Morgan fingerprint density at radius 2 is 2.00 bits per heavy atom. The molecule has 152 valence electrons. The molecule has 1 aromatic heterocycles. The molecule has 0 fully saturated rings. The number of thiazole rings is 1. The Morgan fingerprint density at radius 1 is 1.17 bits per heavy atom. The summed E-state index contributed by atoms with van der Waals surface area (Å²) in [5.41, 5.74) is 1.45. The second kappa shape index (κ2) is 8.67. The van der Waals surface area contributed by atoms with E-state index >= 15 is 0 Å². The topological polar surface area (TPSA) is 71.3 Å². The van der Waals surface area contributed by atoms with Gasteiger partial charge in [0.15, 0.2) is 16.3 Å². The number of carbonyl (C=O) groups is 1. The van der Waals surface area contributed by atoms with Crippen LogP contribution in [0.4, 0.5) is 0 Å². The van der Waals surface area contributed by atoms with Crippen molar-refractivity contribution in [3.63, 3.8) is 0 Å². The van der Waals surface area contributed by atoms with E-state index in [9.17, 15) is 4.79 Å². The molecule has 2 heterocycles. The molecule has 29 heavy (non-hydrogen) atoms. The lowest BCUT2D eigenvalue weighted by molar-refractivity contribution is 0.0995. The first-order valence-electron chi connectivity index (χ1n) is 9.43. The molecular formula is C21H22N2O5S. The van der Waals surface area contributed by atoms with Crippen molar-refractivity contribution >= 4 is 27.5 Å². The second-order valence-corrected chi connectivity index (χ2v) is 7.35. The fourth-order valence-electron chi connectivity index (χ4n) is 3.11. The molecule has 0 saturated carbocycles. The lowest BCUT2D eigenvalue weighted by Crippen LogP contribution is -2.20. The van der Waals surface area contributed by atoms with Crippen LogP contribution in [0.1, 0.15) is 17.3 Å². The van der Waals surface area contributed by atoms with Crippen LogP contribution < -0.4 is 19.0 Å². The second-order valence-electron chi connectivity index (χ2n) is 6.34. The van der Waals surface area contributed by atoms with E-state index in [4.69, 9.17) is 18.9 Å². The van der Waals surface area contributed by atoms with Gasteiger partial charge in [0.25, 0.3) is 5.91 Å². The molecule has 3 aromatic rings. The van der Waals surface area contributed by atoms with Gasteiger partial charge in [-0.15, -0.1) is 0 Å². The van der Waals surface area contributed by atoms with Crippen LogP contribution in [-0.4, -0.2) is 44.0 Å². The summed E-state index contributed by atoms with van der Waals surface area (Å²) < 4.78 is 24.9. The van der Waals surface area contributed by atoms with E-state index in [1.54, 1.807) is 25.3 Å². The van der Waals surface area contributed by atoms with Gasteiger partial charge in [-0.05, 0) is 43.3 Å². The quantitative estimate of drug-likeness (QED) is 0.579. The molecule has 0 spiro atoms. The van der Waals surface area contributed by atoms with Gasteiger partial charge in [0.05, 0.1) is 23.9 Å². The molecule has 0 unspecified atom stereocenters. The normalized spacial score (nSPS) is 13.7. The van der Waals surface area contributed by atoms with Gasteiger partial charge < -0.3 is 23.5 Å². The van der Waals surface area contributed by atoms with Crippen LogP contribution in [0.2, 0.25) is 0 Å². The van der Waals surface area contributed by atoms with E-state index in [0.717, 1.165) is 16.0 Å². The Morgan fingerprint density at radius 3 is 2.79 bits per heavy atom. The lowest BCUT2D eigenvalue weighted by atomic mass is 10.2. The number of fused-ring (bicyclic) bond motifs is 2. The number of methoxy groups -OCH3 is 1. The van der Waals surface area contributed by atoms with E-state index in [2.05, 4.69) is 4.99 Å². The molecule has 8 heteroatoms. The molecule has 0 saturated heterocycles. The van der Waals surface area contributed by atoms with Crippen LogP contribution in [0.25, 0.3) is 10.2 Å². The summed E-state index contributed by atoms with van der Waals surface area (Å²) in [7, 11) is 1.63. The fourth-order valence-corrected chi connectivity index (χ4v) is 4.19. The first-order valence-corrected chi connectivity index (χ1v) is 10.2. The van der Waals surface area contributed by atoms with Gasteiger partial charge in [0.2, 0.25) is 0 Å². The van der Waals surface area contributed by atoms with E-state index in [0.29, 0.717) is 54.8 Å². The zero-order valence-electron chi connectivity index (χ0n) is 16.3. The van der Waals surface area contributed by atoms with Crippen molar-refractivity contribution in [1.82, 2.24) is 4.57 Å². The van der Waals surface area contributed by atoms with Crippen LogP contribution in [0.3, 0.4) is 0 Å². The van der Waals surface area contributed by atoms with Crippen molar-refractivity contribution in [2.45, 2.75) is 13.5 Å². The third-order valence-corrected chi connectivity index (χ3v) is 5.58. The molecule has 7 nitrogen and oxygen atoms in total.